The SMILES string of the molecule is CCN(Cc1cc(Br)ccc1F)C(=O)c1cccc(S(=O)(=O)NC2CC2)c1. The maximum atomic E-state index is 14.0. The molecule has 0 unspecified atom stereocenters. The Bertz CT molecular complexity index is 961. The summed E-state index contributed by atoms with van der Waals surface area (Å²) in [7, 11) is -3.64. The van der Waals surface area contributed by atoms with Gasteiger partial charge in [-0.25, -0.2) is 17.5 Å². The molecule has 0 atom stereocenters. The van der Waals surface area contributed by atoms with Gasteiger partial charge < -0.3 is 4.90 Å². The monoisotopic (exact) mass is 454 g/mol. The summed E-state index contributed by atoms with van der Waals surface area (Å²) >= 11 is 3.30. The standard InChI is InChI=1S/C19H20BrFN2O3S/c1-2-23(12-14-10-15(20)6-9-18(14)21)19(24)13-4-3-5-17(11-13)27(25,26)22-16-7-8-16/h3-6,9-11,16,22H,2,7-8,12H2,1H3. The first-order valence-corrected chi connectivity index (χ1v) is 10.9. The summed E-state index contributed by atoms with van der Waals surface area (Å²) in [5.41, 5.74) is 0.643. The second kappa shape index (κ2) is 8.08. The first-order chi connectivity index (χ1) is 12.8. The van der Waals surface area contributed by atoms with Gasteiger partial charge in [0.25, 0.3) is 5.91 Å². The molecule has 144 valence electrons. The van der Waals surface area contributed by atoms with E-state index in [2.05, 4.69) is 20.7 Å². The fourth-order valence-electron chi connectivity index (χ4n) is 2.66. The van der Waals surface area contributed by atoms with Crippen LogP contribution in [0.5, 0.6) is 0 Å². The number of rotatable bonds is 7. The molecule has 0 aromatic heterocycles. The number of nitrogens with one attached hydrogen (secondary N) is 1. The van der Waals surface area contributed by atoms with Crippen LogP contribution in [-0.2, 0) is 16.6 Å². The molecule has 2 aromatic carbocycles. The Kier molecular flexibility index (Phi) is 5.98. The maximum absolute atomic E-state index is 14.0. The van der Waals surface area contributed by atoms with Crippen LogP contribution in [0.2, 0.25) is 0 Å². The molecule has 2 aromatic rings. The average Bonchev–Trinajstić information content (AvgIpc) is 3.45. The third-order valence-corrected chi connectivity index (χ3v) is 6.34. The summed E-state index contributed by atoms with van der Waals surface area (Å²) in [6, 6.07) is 10.5. The highest BCUT2D eigenvalue weighted by Crippen LogP contribution is 2.23. The topological polar surface area (TPSA) is 66.5 Å². The molecule has 0 bridgehead atoms. The Morgan fingerprint density at radius 3 is 2.67 bits per heavy atom. The van der Waals surface area contributed by atoms with Crippen LogP contribution in [0.1, 0.15) is 35.7 Å². The van der Waals surface area contributed by atoms with Gasteiger partial charge in [0.2, 0.25) is 10.0 Å². The molecule has 1 fully saturated rings. The van der Waals surface area contributed by atoms with E-state index < -0.39 is 15.8 Å². The van der Waals surface area contributed by atoms with Crippen LogP contribution < -0.4 is 4.72 Å². The highest BCUT2D eigenvalue weighted by Gasteiger charge is 2.28. The van der Waals surface area contributed by atoms with Crippen LogP contribution in [-0.4, -0.2) is 31.8 Å². The summed E-state index contributed by atoms with van der Waals surface area (Å²) < 4.78 is 42.1. The van der Waals surface area contributed by atoms with Gasteiger partial charge in [-0.3, -0.25) is 4.79 Å². The van der Waals surface area contributed by atoms with Gasteiger partial charge in [0.1, 0.15) is 5.82 Å². The van der Waals surface area contributed by atoms with Gasteiger partial charge in [0, 0.05) is 34.7 Å². The Morgan fingerprint density at radius 2 is 2.00 bits per heavy atom. The number of halogens is 2. The lowest BCUT2D eigenvalue weighted by Crippen LogP contribution is -2.31. The summed E-state index contributed by atoms with van der Waals surface area (Å²) in [5, 5.41) is 0. The van der Waals surface area contributed by atoms with Crippen LogP contribution in [0.3, 0.4) is 0 Å². The second-order valence-corrected chi connectivity index (χ2v) is 9.11. The molecule has 1 saturated carbocycles. The zero-order chi connectivity index (χ0) is 19.6. The van der Waals surface area contributed by atoms with Crippen LogP contribution in [0.4, 0.5) is 4.39 Å². The summed E-state index contributed by atoms with van der Waals surface area (Å²) in [6.45, 7) is 2.25. The van der Waals surface area contributed by atoms with Crippen molar-refractivity contribution in [1.82, 2.24) is 9.62 Å². The molecule has 1 amide bonds. The number of amides is 1. The van der Waals surface area contributed by atoms with Gasteiger partial charge in [-0.15, -0.1) is 0 Å². The van der Waals surface area contributed by atoms with E-state index in [0.29, 0.717) is 12.1 Å². The van der Waals surface area contributed by atoms with E-state index >= 15 is 0 Å². The van der Waals surface area contributed by atoms with E-state index in [1.165, 1.54) is 23.1 Å². The maximum Gasteiger partial charge on any atom is 0.254 e. The largest absolute Gasteiger partial charge is 0.334 e. The zero-order valence-corrected chi connectivity index (χ0v) is 17.2. The van der Waals surface area contributed by atoms with Gasteiger partial charge in [0.15, 0.2) is 0 Å². The minimum atomic E-state index is -3.64. The molecule has 0 aliphatic heterocycles. The van der Waals surface area contributed by atoms with Crippen molar-refractivity contribution in [2.75, 3.05) is 6.54 Å². The number of hydrogen-bond acceptors (Lipinski definition) is 3. The number of hydrogen-bond donors (Lipinski definition) is 1. The molecule has 0 saturated heterocycles. The fraction of sp³-hybridized carbons (Fsp3) is 0.316. The van der Waals surface area contributed by atoms with Crippen molar-refractivity contribution in [3.05, 3.63) is 63.9 Å². The average molecular weight is 455 g/mol. The summed E-state index contributed by atoms with van der Waals surface area (Å²) in [4.78, 5) is 14.4. The van der Waals surface area contributed by atoms with Gasteiger partial charge in [0.05, 0.1) is 4.90 Å². The third kappa shape index (κ3) is 4.94. The smallest absolute Gasteiger partial charge is 0.254 e. The van der Waals surface area contributed by atoms with Gasteiger partial charge >= 0.3 is 0 Å². The summed E-state index contributed by atoms with van der Waals surface area (Å²) in [5.74, 6) is -0.741. The van der Waals surface area contributed by atoms with E-state index in [1.54, 1.807) is 31.2 Å². The van der Waals surface area contributed by atoms with Crippen LogP contribution in [0.15, 0.2) is 51.8 Å². The van der Waals surface area contributed by atoms with Crippen molar-refractivity contribution in [3.63, 3.8) is 0 Å². The van der Waals surface area contributed by atoms with E-state index in [1.807, 2.05) is 0 Å². The predicted octanol–water partition coefficient (Wildman–Crippen LogP) is 3.69. The molecule has 1 aliphatic carbocycles. The number of carbonyl (C=O) groups excluding carboxylic acids is 1. The minimum Gasteiger partial charge on any atom is -0.334 e. The van der Waals surface area contributed by atoms with E-state index in [-0.39, 0.29) is 29.0 Å². The normalized spacial score (nSPS) is 14.2. The lowest BCUT2D eigenvalue weighted by Gasteiger charge is -2.22. The van der Waals surface area contributed by atoms with Crippen molar-refractivity contribution < 1.29 is 17.6 Å². The molecular formula is C19H20BrFN2O3S. The molecule has 1 N–H and O–H groups in total. The highest BCUT2D eigenvalue weighted by atomic mass is 79.9. The Morgan fingerprint density at radius 1 is 1.26 bits per heavy atom. The molecule has 0 heterocycles. The molecule has 1 aliphatic rings. The number of carbonyl (C=O) groups is 1. The Balaban J connectivity index is 1.83. The van der Waals surface area contributed by atoms with Crippen molar-refractivity contribution in [2.24, 2.45) is 0 Å². The van der Waals surface area contributed by atoms with Crippen molar-refractivity contribution >= 4 is 31.9 Å². The first kappa shape index (κ1) is 20.0. The third-order valence-electron chi connectivity index (χ3n) is 4.33. The molecule has 0 radical (unpaired) electrons. The first-order valence-electron chi connectivity index (χ1n) is 8.65. The molecule has 3 rings (SSSR count). The van der Waals surface area contributed by atoms with Crippen molar-refractivity contribution in [3.8, 4) is 0 Å². The van der Waals surface area contributed by atoms with E-state index in [9.17, 15) is 17.6 Å². The van der Waals surface area contributed by atoms with Crippen LogP contribution >= 0.6 is 15.9 Å². The van der Waals surface area contributed by atoms with Crippen LogP contribution in [0, 0.1) is 5.82 Å². The molecular weight excluding hydrogens is 435 g/mol. The van der Waals surface area contributed by atoms with Crippen LogP contribution in [0.25, 0.3) is 0 Å². The second-order valence-electron chi connectivity index (χ2n) is 6.48. The van der Waals surface area contributed by atoms with Gasteiger partial charge in [-0.1, -0.05) is 22.0 Å². The number of benzene rings is 2. The van der Waals surface area contributed by atoms with E-state index in [4.69, 9.17) is 0 Å². The minimum absolute atomic E-state index is 0.0130. The molecule has 0 spiro atoms. The highest BCUT2D eigenvalue weighted by molar-refractivity contribution is 9.10. The fourth-order valence-corrected chi connectivity index (χ4v) is 4.42. The van der Waals surface area contributed by atoms with Crippen molar-refractivity contribution in [2.45, 2.75) is 37.2 Å². The number of nitrogens with zero attached hydrogens (tertiary/aromatic N) is 1. The lowest BCUT2D eigenvalue weighted by molar-refractivity contribution is 0.0751. The molecule has 8 heteroatoms. The quantitative estimate of drug-likeness (QED) is 0.693. The zero-order valence-electron chi connectivity index (χ0n) is 14.8. The number of sulfonamides is 1. The Hall–Kier alpha value is -1.77. The van der Waals surface area contributed by atoms with Crippen molar-refractivity contribution in [1.29, 1.82) is 0 Å². The molecule has 5 nitrogen and oxygen atoms in total. The predicted molar refractivity (Wildman–Crippen MR) is 104 cm³/mol. The summed E-state index contributed by atoms with van der Waals surface area (Å²) in [6.07, 6.45) is 1.67. The molecule has 27 heavy (non-hydrogen) atoms. The van der Waals surface area contributed by atoms with Gasteiger partial charge in [-0.2, -0.15) is 0 Å². The Labute approximate surface area is 166 Å². The van der Waals surface area contributed by atoms with E-state index in [0.717, 1.165) is 17.3 Å². The lowest BCUT2D eigenvalue weighted by atomic mass is 10.1. The van der Waals surface area contributed by atoms with Gasteiger partial charge in [-0.05, 0) is 56.2 Å².